The molecule has 0 unspecified atom stereocenters. The monoisotopic (exact) mass is 246 g/mol. The van der Waals surface area contributed by atoms with E-state index >= 15 is 0 Å². The molecule has 0 atom stereocenters. The fourth-order valence-electron chi connectivity index (χ4n) is 1.07. The van der Waals surface area contributed by atoms with Gasteiger partial charge in [0, 0.05) is 12.8 Å². The zero-order valence-electron chi connectivity index (χ0n) is 10.7. The summed E-state index contributed by atoms with van der Waals surface area (Å²) in [5, 5.41) is 0. The Kier molecular flexibility index (Phi) is 10.9. The molecule has 17 heavy (non-hydrogen) atoms. The van der Waals surface area contributed by atoms with Gasteiger partial charge in [0.05, 0.1) is 19.8 Å². The van der Waals surface area contributed by atoms with Crippen LogP contribution < -0.4 is 0 Å². The molecule has 0 N–H and O–H groups in total. The third-order valence-electron chi connectivity index (χ3n) is 1.94. The molecule has 0 fully saturated rings. The maximum Gasteiger partial charge on any atom is 0.305 e. The second kappa shape index (κ2) is 11.5. The van der Waals surface area contributed by atoms with Crippen LogP contribution in [0.2, 0.25) is 0 Å². The summed E-state index contributed by atoms with van der Waals surface area (Å²) in [6, 6.07) is 0. The van der Waals surface area contributed by atoms with Gasteiger partial charge in [-0.2, -0.15) is 0 Å². The summed E-state index contributed by atoms with van der Waals surface area (Å²) in [6.45, 7) is 5.27. The average molecular weight is 246 g/mol. The second-order valence-corrected chi connectivity index (χ2v) is 3.53. The van der Waals surface area contributed by atoms with E-state index in [0.29, 0.717) is 32.7 Å². The summed E-state index contributed by atoms with van der Waals surface area (Å²) >= 11 is 0. The lowest BCUT2D eigenvalue weighted by Crippen LogP contribution is -2.14. The van der Waals surface area contributed by atoms with Crippen molar-refractivity contribution in [3.05, 3.63) is 0 Å². The molecular formula is C12H22O5. The lowest BCUT2D eigenvalue weighted by Gasteiger charge is -2.05. The minimum atomic E-state index is -0.227. The first-order chi connectivity index (χ1) is 8.20. The molecular weight excluding hydrogens is 224 g/mol. The zero-order chi connectivity index (χ0) is 12.9. The van der Waals surface area contributed by atoms with Crippen molar-refractivity contribution >= 4 is 11.8 Å². The highest BCUT2D eigenvalue weighted by atomic mass is 16.6. The molecule has 0 spiro atoms. The van der Waals surface area contributed by atoms with E-state index in [1.165, 1.54) is 0 Å². The van der Waals surface area contributed by atoms with Crippen molar-refractivity contribution < 1.29 is 23.8 Å². The lowest BCUT2D eigenvalue weighted by molar-refractivity contribution is -0.145. The number of hydrogen-bond donors (Lipinski definition) is 0. The van der Waals surface area contributed by atoms with Gasteiger partial charge in [-0.15, -0.1) is 0 Å². The molecule has 0 heterocycles. The van der Waals surface area contributed by atoms with E-state index in [9.17, 15) is 9.59 Å². The molecule has 0 rings (SSSR count). The smallest absolute Gasteiger partial charge is 0.305 e. The van der Waals surface area contributed by atoms with Crippen molar-refractivity contribution in [2.75, 3.05) is 33.0 Å². The van der Waals surface area contributed by atoms with Crippen LogP contribution in [0.15, 0.2) is 0 Å². The highest BCUT2D eigenvalue weighted by Crippen LogP contribution is 1.90. The number of hydrogen-bond acceptors (Lipinski definition) is 5. The minimum Gasteiger partial charge on any atom is -0.463 e. The Morgan fingerprint density at radius 3 is 2.24 bits per heavy atom. The SMILES string of the molecule is CCCC(=O)COCCOCCOC(=O)CC. The Morgan fingerprint density at radius 1 is 0.941 bits per heavy atom. The van der Waals surface area contributed by atoms with Crippen LogP contribution in [0.4, 0.5) is 0 Å². The van der Waals surface area contributed by atoms with Gasteiger partial charge in [-0.3, -0.25) is 9.59 Å². The molecule has 0 amide bonds. The van der Waals surface area contributed by atoms with Crippen molar-refractivity contribution in [1.29, 1.82) is 0 Å². The van der Waals surface area contributed by atoms with Crippen LogP contribution in [-0.2, 0) is 23.8 Å². The molecule has 100 valence electrons. The van der Waals surface area contributed by atoms with E-state index in [2.05, 4.69) is 0 Å². The number of esters is 1. The molecule has 0 aliphatic rings. The summed E-state index contributed by atoms with van der Waals surface area (Å²) in [5.41, 5.74) is 0. The van der Waals surface area contributed by atoms with E-state index in [1.54, 1.807) is 6.92 Å². The Hall–Kier alpha value is -0.940. The first-order valence-corrected chi connectivity index (χ1v) is 6.03. The third-order valence-corrected chi connectivity index (χ3v) is 1.94. The van der Waals surface area contributed by atoms with Crippen LogP contribution >= 0.6 is 0 Å². The first kappa shape index (κ1) is 16.1. The van der Waals surface area contributed by atoms with Crippen LogP contribution in [0, 0.1) is 0 Å². The van der Waals surface area contributed by atoms with Crippen LogP contribution in [-0.4, -0.2) is 44.8 Å². The molecule has 5 nitrogen and oxygen atoms in total. The summed E-state index contributed by atoms with van der Waals surface area (Å²) in [6.07, 6.45) is 1.79. The summed E-state index contributed by atoms with van der Waals surface area (Å²) in [4.78, 5) is 21.8. The highest BCUT2D eigenvalue weighted by Gasteiger charge is 2.00. The number of ether oxygens (including phenoxy) is 3. The number of carbonyl (C=O) groups excluding carboxylic acids is 2. The maximum atomic E-state index is 11.1. The van der Waals surface area contributed by atoms with Crippen LogP contribution in [0.1, 0.15) is 33.1 Å². The summed E-state index contributed by atoms with van der Waals surface area (Å²) in [5.74, 6) is -0.112. The molecule has 0 aromatic heterocycles. The van der Waals surface area contributed by atoms with Crippen molar-refractivity contribution in [3.63, 3.8) is 0 Å². The van der Waals surface area contributed by atoms with E-state index in [1.807, 2.05) is 6.92 Å². The number of Topliss-reactive ketones (excluding diaryl/α,β-unsaturated/α-hetero) is 1. The van der Waals surface area contributed by atoms with Crippen molar-refractivity contribution in [3.8, 4) is 0 Å². The van der Waals surface area contributed by atoms with Crippen molar-refractivity contribution in [1.82, 2.24) is 0 Å². The van der Waals surface area contributed by atoms with Crippen LogP contribution in [0.3, 0.4) is 0 Å². The highest BCUT2D eigenvalue weighted by molar-refractivity contribution is 5.79. The normalized spacial score (nSPS) is 10.2. The summed E-state index contributed by atoms with van der Waals surface area (Å²) < 4.78 is 15.1. The third kappa shape index (κ3) is 11.3. The Labute approximate surface area is 102 Å². The quantitative estimate of drug-likeness (QED) is 0.406. The predicted octanol–water partition coefficient (Wildman–Crippen LogP) is 1.34. The fraction of sp³-hybridized carbons (Fsp3) is 0.833. The lowest BCUT2D eigenvalue weighted by atomic mass is 10.2. The standard InChI is InChI=1S/C12H22O5/c1-3-5-11(13)10-16-7-6-15-8-9-17-12(14)4-2/h3-10H2,1-2H3. The van der Waals surface area contributed by atoms with Gasteiger partial charge in [-0.1, -0.05) is 13.8 Å². The Bertz CT molecular complexity index is 215. The van der Waals surface area contributed by atoms with E-state index in [0.717, 1.165) is 6.42 Å². The minimum absolute atomic E-state index is 0.115. The fourth-order valence-corrected chi connectivity index (χ4v) is 1.07. The second-order valence-electron chi connectivity index (χ2n) is 3.53. The van der Waals surface area contributed by atoms with Gasteiger partial charge in [0.2, 0.25) is 0 Å². The van der Waals surface area contributed by atoms with Gasteiger partial charge in [-0.05, 0) is 6.42 Å². The molecule has 5 heteroatoms. The molecule has 0 aliphatic carbocycles. The van der Waals surface area contributed by atoms with Crippen molar-refractivity contribution in [2.24, 2.45) is 0 Å². The molecule has 0 bridgehead atoms. The molecule has 0 aromatic rings. The average Bonchev–Trinajstić information content (AvgIpc) is 2.32. The van der Waals surface area contributed by atoms with Gasteiger partial charge < -0.3 is 14.2 Å². The van der Waals surface area contributed by atoms with Crippen molar-refractivity contribution in [2.45, 2.75) is 33.1 Å². The molecule has 0 radical (unpaired) electrons. The maximum absolute atomic E-state index is 11.1. The largest absolute Gasteiger partial charge is 0.463 e. The molecule has 0 aromatic carbocycles. The molecule has 0 saturated carbocycles. The van der Waals surface area contributed by atoms with E-state index in [4.69, 9.17) is 14.2 Å². The van der Waals surface area contributed by atoms with Gasteiger partial charge in [0.1, 0.15) is 13.2 Å². The Morgan fingerprint density at radius 2 is 1.59 bits per heavy atom. The van der Waals surface area contributed by atoms with Gasteiger partial charge in [0.15, 0.2) is 5.78 Å². The molecule has 0 aliphatic heterocycles. The summed E-state index contributed by atoms with van der Waals surface area (Å²) in [7, 11) is 0. The Balaban J connectivity index is 3.13. The van der Waals surface area contributed by atoms with E-state index in [-0.39, 0.29) is 25.0 Å². The zero-order valence-corrected chi connectivity index (χ0v) is 10.7. The first-order valence-electron chi connectivity index (χ1n) is 6.03. The van der Waals surface area contributed by atoms with Gasteiger partial charge in [-0.25, -0.2) is 0 Å². The van der Waals surface area contributed by atoms with Crippen LogP contribution in [0.25, 0.3) is 0 Å². The predicted molar refractivity (Wildman–Crippen MR) is 62.8 cm³/mol. The van der Waals surface area contributed by atoms with Crippen LogP contribution in [0.5, 0.6) is 0 Å². The van der Waals surface area contributed by atoms with E-state index < -0.39 is 0 Å². The topological polar surface area (TPSA) is 61.8 Å². The number of rotatable bonds is 11. The molecule has 0 saturated heterocycles. The van der Waals surface area contributed by atoms with Gasteiger partial charge >= 0.3 is 5.97 Å². The van der Waals surface area contributed by atoms with Gasteiger partial charge in [0.25, 0.3) is 0 Å². The number of carbonyl (C=O) groups is 2. The number of ketones is 1.